The summed E-state index contributed by atoms with van der Waals surface area (Å²) < 4.78 is 68.5. The molecule has 3 heterocycles. The highest BCUT2D eigenvalue weighted by Crippen LogP contribution is 2.48. The number of pyridine rings is 1. The van der Waals surface area contributed by atoms with Crippen molar-refractivity contribution in [2.45, 2.75) is 82.1 Å². The summed E-state index contributed by atoms with van der Waals surface area (Å²) in [5.41, 5.74) is 3.39. The summed E-state index contributed by atoms with van der Waals surface area (Å²) in [5, 5.41) is 8.97. The maximum atomic E-state index is 11.9. The lowest BCUT2D eigenvalue weighted by molar-refractivity contribution is -0.684. The molecule has 2 aliphatic heterocycles. The molecule has 0 spiro atoms. The first-order chi connectivity index (χ1) is 21.4. The van der Waals surface area contributed by atoms with Crippen LogP contribution in [0.4, 0.5) is 11.5 Å². The van der Waals surface area contributed by atoms with Gasteiger partial charge in [-0.3, -0.25) is 9.35 Å². The number of carbonyl (C=O) groups is 1. The fraction of sp³-hybridized carbons (Fsp3) is 0.424. The van der Waals surface area contributed by atoms with E-state index in [9.17, 15) is 30.7 Å². The van der Waals surface area contributed by atoms with E-state index in [1.807, 2.05) is 67.1 Å². The van der Waals surface area contributed by atoms with Crippen LogP contribution in [0.1, 0.15) is 70.9 Å². The lowest BCUT2D eigenvalue weighted by atomic mass is 9.82. The number of aliphatic imine (C=N–C) groups is 1. The molecule has 248 valence electrons. The van der Waals surface area contributed by atoms with E-state index in [4.69, 9.17) is 10.1 Å². The Labute approximate surface area is 271 Å². The first-order valence-corrected chi connectivity index (χ1v) is 18.2. The van der Waals surface area contributed by atoms with Crippen LogP contribution in [-0.4, -0.2) is 55.0 Å². The SMILES string of the molecule is CC1(C)C(/C=C/C=C/C=C2\N(CCCCCC(=O)O)c3ccc(S(=O)(=O)O)cc3C2(C)C)=Nc2c1ccc[n+]2CCCS(=O)(=O)[O-]. The molecule has 0 bridgehead atoms. The second-order valence-electron chi connectivity index (χ2n) is 12.6. The van der Waals surface area contributed by atoms with Crippen LogP contribution in [-0.2, 0) is 42.4 Å². The van der Waals surface area contributed by atoms with Gasteiger partial charge in [0.2, 0.25) is 0 Å². The highest BCUT2D eigenvalue weighted by Gasteiger charge is 2.42. The topological polar surface area (TPSA) is 168 Å². The van der Waals surface area contributed by atoms with Crippen molar-refractivity contribution in [1.82, 2.24) is 0 Å². The molecule has 1 aromatic heterocycles. The van der Waals surface area contributed by atoms with Crippen molar-refractivity contribution in [1.29, 1.82) is 0 Å². The minimum absolute atomic E-state index is 0.108. The Bertz CT molecular complexity index is 1840. The zero-order valence-corrected chi connectivity index (χ0v) is 28.1. The van der Waals surface area contributed by atoms with Gasteiger partial charge in [-0.05, 0) is 86.1 Å². The Hall–Kier alpha value is -3.65. The number of hydrogen-bond donors (Lipinski definition) is 2. The third kappa shape index (κ3) is 8.00. The lowest BCUT2D eigenvalue weighted by Gasteiger charge is -2.27. The summed E-state index contributed by atoms with van der Waals surface area (Å²) in [6, 6.07) is 8.48. The van der Waals surface area contributed by atoms with Gasteiger partial charge in [0, 0.05) is 35.5 Å². The summed E-state index contributed by atoms with van der Waals surface area (Å²) in [6.45, 7) is 9.08. The highest BCUT2D eigenvalue weighted by molar-refractivity contribution is 7.86. The number of anilines is 1. The second-order valence-corrected chi connectivity index (χ2v) is 15.6. The standard InChI is InChI=1S/C33H41N3O8S2/c1-32(2)25-13-11-19-35(20-12-22-45(39,40)41)31(25)34-28(32)14-7-5-8-15-29-33(3,4)26-23-24(46(42,43)44)17-18-27(26)36(29)21-10-6-9-16-30(37)38/h5,7-8,11,13-15,17-19,23H,6,9-10,12,16,20-22H2,1-4H3,(H2-,37,38,39,40,41,42,43,44). The molecule has 2 aromatic rings. The number of carboxylic acid groups (broad SMARTS) is 1. The maximum Gasteiger partial charge on any atom is 0.327 e. The predicted molar refractivity (Wildman–Crippen MR) is 175 cm³/mol. The molecule has 0 fully saturated rings. The number of nitrogens with zero attached hydrogens (tertiary/aromatic N) is 3. The molecule has 1 aromatic carbocycles. The average molecular weight is 672 g/mol. The van der Waals surface area contributed by atoms with Gasteiger partial charge in [-0.15, -0.1) is 0 Å². The van der Waals surface area contributed by atoms with Crippen molar-refractivity contribution in [3.63, 3.8) is 0 Å². The van der Waals surface area contributed by atoms with Crippen molar-refractivity contribution < 1.29 is 40.4 Å². The number of fused-ring (bicyclic) bond motifs is 2. The average Bonchev–Trinajstić information content (AvgIpc) is 3.33. The smallest absolute Gasteiger partial charge is 0.327 e. The number of rotatable bonds is 14. The van der Waals surface area contributed by atoms with Gasteiger partial charge < -0.3 is 14.6 Å². The Morgan fingerprint density at radius 2 is 1.72 bits per heavy atom. The molecular weight excluding hydrogens is 631 g/mol. The summed E-state index contributed by atoms with van der Waals surface area (Å²) in [4.78, 5) is 17.7. The summed E-state index contributed by atoms with van der Waals surface area (Å²) in [6.07, 6.45) is 13.7. The monoisotopic (exact) mass is 671 g/mol. The van der Waals surface area contributed by atoms with Crippen LogP contribution in [0.25, 0.3) is 0 Å². The molecule has 0 radical (unpaired) electrons. The summed E-state index contributed by atoms with van der Waals surface area (Å²) in [7, 11) is -8.67. The van der Waals surface area contributed by atoms with Crippen LogP contribution < -0.4 is 9.47 Å². The van der Waals surface area contributed by atoms with E-state index < -0.39 is 42.8 Å². The predicted octanol–water partition coefficient (Wildman–Crippen LogP) is 4.96. The van der Waals surface area contributed by atoms with Gasteiger partial charge in [-0.2, -0.15) is 8.42 Å². The first kappa shape index (κ1) is 35.2. The summed E-state index contributed by atoms with van der Waals surface area (Å²) in [5.74, 6) is -0.529. The van der Waals surface area contributed by atoms with Crippen molar-refractivity contribution in [2.24, 2.45) is 4.99 Å². The molecule has 0 amide bonds. The molecule has 4 rings (SSSR count). The van der Waals surface area contributed by atoms with E-state index in [2.05, 4.69) is 18.7 Å². The number of allylic oxidation sites excluding steroid dienone is 6. The second kappa shape index (κ2) is 13.6. The molecule has 0 unspecified atom stereocenters. The Balaban J connectivity index is 1.56. The molecule has 2 aliphatic rings. The van der Waals surface area contributed by atoms with Gasteiger partial charge >= 0.3 is 11.8 Å². The van der Waals surface area contributed by atoms with Crippen molar-refractivity contribution >= 4 is 43.4 Å². The normalized spacial score (nSPS) is 18.0. The van der Waals surface area contributed by atoms with Crippen LogP contribution in [0.15, 0.2) is 82.5 Å². The van der Waals surface area contributed by atoms with E-state index in [1.165, 1.54) is 12.1 Å². The van der Waals surface area contributed by atoms with Crippen LogP contribution in [0.2, 0.25) is 0 Å². The fourth-order valence-electron chi connectivity index (χ4n) is 6.02. The molecule has 0 atom stereocenters. The molecular formula is C33H41N3O8S2. The molecule has 2 N–H and O–H groups in total. The van der Waals surface area contributed by atoms with Crippen LogP contribution in [0, 0.1) is 0 Å². The number of benzene rings is 1. The zero-order chi connectivity index (χ0) is 33.9. The number of aromatic nitrogens is 1. The van der Waals surface area contributed by atoms with Crippen molar-refractivity contribution in [3.8, 4) is 0 Å². The molecule has 0 saturated carbocycles. The lowest BCUT2D eigenvalue weighted by Crippen LogP contribution is -2.35. The molecule has 11 nitrogen and oxygen atoms in total. The van der Waals surface area contributed by atoms with Crippen LogP contribution >= 0.6 is 0 Å². The van der Waals surface area contributed by atoms with E-state index in [0.717, 1.165) is 46.9 Å². The zero-order valence-electron chi connectivity index (χ0n) is 26.5. The fourth-order valence-corrected chi connectivity index (χ4v) is 7.01. The first-order valence-electron chi connectivity index (χ1n) is 15.2. The van der Waals surface area contributed by atoms with E-state index in [0.29, 0.717) is 19.5 Å². The van der Waals surface area contributed by atoms with E-state index in [-0.39, 0.29) is 17.7 Å². The van der Waals surface area contributed by atoms with Gasteiger partial charge in [0.25, 0.3) is 10.1 Å². The third-order valence-corrected chi connectivity index (χ3v) is 10.2. The van der Waals surface area contributed by atoms with Gasteiger partial charge in [0.1, 0.15) is 0 Å². The van der Waals surface area contributed by atoms with Crippen molar-refractivity contribution in [2.75, 3.05) is 17.2 Å². The Morgan fingerprint density at radius 1 is 0.978 bits per heavy atom. The quantitative estimate of drug-likeness (QED) is 0.122. The largest absolute Gasteiger partial charge is 0.748 e. The molecule has 46 heavy (non-hydrogen) atoms. The van der Waals surface area contributed by atoms with Gasteiger partial charge in [-0.25, -0.2) is 13.0 Å². The number of carboxylic acids is 1. The van der Waals surface area contributed by atoms with E-state index >= 15 is 0 Å². The van der Waals surface area contributed by atoms with Gasteiger partial charge in [0.15, 0.2) is 5.71 Å². The number of aliphatic carboxylic acids is 1. The molecule has 0 aliphatic carbocycles. The van der Waals surface area contributed by atoms with E-state index in [1.54, 1.807) is 6.07 Å². The Morgan fingerprint density at radius 3 is 2.39 bits per heavy atom. The summed E-state index contributed by atoms with van der Waals surface area (Å²) >= 11 is 0. The van der Waals surface area contributed by atoms with Crippen LogP contribution in [0.5, 0.6) is 0 Å². The number of aryl methyl sites for hydroxylation is 1. The van der Waals surface area contributed by atoms with Crippen molar-refractivity contribution in [3.05, 3.63) is 83.7 Å². The third-order valence-electron chi connectivity index (χ3n) is 8.54. The minimum atomic E-state index is -4.38. The van der Waals surface area contributed by atoms with Crippen LogP contribution in [0.3, 0.4) is 0 Å². The molecule has 13 heteroatoms. The number of hydrogen-bond acceptors (Lipinski definition) is 8. The minimum Gasteiger partial charge on any atom is -0.748 e. The molecule has 0 saturated heterocycles. The number of unbranched alkanes of at least 4 members (excludes halogenated alkanes) is 2. The highest BCUT2D eigenvalue weighted by atomic mass is 32.2. The van der Waals surface area contributed by atoms with Gasteiger partial charge in [-0.1, -0.05) is 38.5 Å². The van der Waals surface area contributed by atoms with Gasteiger partial charge in [0.05, 0.1) is 38.7 Å². The maximum absolute atomic E-state index is 11.9. The Kier molecular flexibility index (Phi) is 10.4.